The first kappa shape index (κ1) is 11.3. The highest BCUT2D eigenvalue weighted by molar-refractivity contribution is 4.75. The molecule has 0 spiro atoms. The Morgan fingerprint density at radius 3 is 1.40 bits per heavy atom. The summed E-state index contributed by atoms with van der Waals surface area (Å²) in [5, 5.41) is 0. The van der Waals surface area contributed by atoms with Gasteiger partial charge in [-0.1, -0.05) is 0 Å². The average Bonchev–Trinajstić information content (AvgIpc) is 2.17. The molecule has 0 atom stereocenters. The van der Waals surface area contributed by atoms with Gasteiger partial charge in [0.25, 0.3) is 0 Å². The molecule has 0 unspecified atom stereocenters. The number of hydrogen-bond acceptors (Lipinski definition) is 6. The zero-order chi connectivity index (χ0) is 10.7. The van der Waals surface area contributed by atoms with Crippen molar-refractivity contribution in [3.05, 3.63) is 0 Å². The fourth-order valence-corrected chi connectivity index (χ4v) is 2.42. The molecule has 0 radical (unpaired) electrons. The molecule has 88 valence electrons. The van der Waals surface area contributed by atoms with Crippen LogP contribution >= 0.6 is 0 Å². The van der Waals surface area contributed by atoms with E-state index in [9.17, 15) is 0 Å². The molecule has 2 fully saturated rings. The van der Waals surface area contributed by atoms with Crippen molar-refractivity contribution in [2.24, 2.45) is 11.5 Å². The van der Waals surface area contributed by atoms with E-state index >= 15 is 0 Å². The van der Waals surface area contributed by atoms with Crippen LogP contribution in [0.15, 0.2) is 0 Å². The lowest BCUT2D eigenvalue weighted by molar-refractivity contribution is -0.118. The maximum Gasteiger partial charge on any atom is 0.0555 e. The van der Waals surface area contributed by atoms with E-state index in [1.54, 1.807) is 0 Å². The van der Waals surface area contributed by atoms with E-state index < -0.39 is 0 Å². The molecule has 0 aliphatic carbocycles. The van der Waals surface area contributed by atoms with Crippen LogP contribution in [0.25, 0.3) is 0 Å². The Balaban J connectivity index is 1.85. The summed E-state index contributed by atoms with van der Waals surface area (Å²) >= 11 is 0. The molecule has 2 rings (SSSR count). The highest BCUT2D eigenvalue weighted by atomic mass is 15.6. The summed E-state index contributed by atoms with van der Waals surface area (Å²) in [4.78, 5) is 9.64. The van der Waals surface area contributed by atoms with E-state index in [2.05, 4.69) is 19.6 Å². The number of fused-ring (bicyclic) bond motifs is 2. The van der Waals surface area contributed by atoms with Crippen LogP contribution in [0, 0.1) is 0 Å². The average molecular weight is 214 g/mol. The highest BCUT2D eigenvalue weighted by Gasteiger charge is 2.29. The van der Waals surface area contributed by atoms with Gasteiger partial charge in [-0.05, 0) is 0 Å². The predicted molar refractivity (Wildman–Crippen MR) is 59.5 cm³/mol. The maximum absolute atomic E-state index is 5.58. The summed E-state index contributed by atoms with van der Waals surface area (Å²) in [6.45, 7) is 8.70. The zero-order valence-electron chi connectivity index (χ0n) is 9.31. The van der Waals surface area contributed by atoms with Crippen molar-refractivity contribution in [1.29, 1.82) is 0 Å². The van der Waals surface area contributed by atoms with Gasteiger partial charge in [-0.25, -0.2) is 0 Å². The second-order valence-electron chi connectivity index (χ2n) is 4.41. The van der Waals surface area contributed by atoms with Crippen molar-refractivity contribution < 1.29 is 0 Å². The van der Waals surface area contributed by atoms with Crippen molar-refractivity contribution in [2.45, 2.75) is 0 Å². The Bertz CT molecular complexity index is 167. The van der Waals surface area contributed by atoms with Crippen molar-refractivity contribution in [1.82, 2.24) is 19.6 Å². The first-order chi connectivity index (χ1) is 7.31. The van der Waals surface area contributed by atoms with Gasteiger partial charge in [-0.3, -0.25) is 19.6 Å². The summed E-state index contributed by atoms with van der Waals surface area (Å²) in [6, 6.07) is 0. The Labute approximate surface area is 91.4 Å². The monoisotopic (exact) mass is 214 g/mol. The molecule has 6 heteroatoms. The van der Waals surface area contributed by atoms with E-state index in [0.29, 0.717) is 0 Å². The second kappa shape index (κ2) is 5.20. The number of rotatable bonds is 4. The standard InChI is InChI=1S/C9H22N6/c10-1-3-12-5-14-7-13(4-2-11)8-15(6-12)9-14/h1-11H2. The van der Waals surface area contributed by atoms with Crippen molar-refractivity contribution in [2.75, 3.05) is 59.5 Å². The third-order valence-corrected chi connectivity index (χ3v) is 2.89. The largest absolute Gasteiger partial charge is 0.329 e. The second-order valence-corrected chi connectivity index (χ2v) is 4.41. The quantitative estimate of drug-likeness (QED) is 0.560. The molecular weight excluding hydrogens is 192 g/mol. The van der Waals surface area contributed by atoms with Gasteiger partial charge in [0, 0.05) is 26.2 Å². The third kappa shape index (κ3) is 2.87. The minimum Gasteiger partial charge on any atom is -0.329 e. The summed E-state index contributed by atoms with van der Waals surface area (Å²) in [5.74, 6) is 0. The predicted octanol–water partition coefficient (Wildman–Crippen LogP) is -2.07. The van der Waals surface area contributed by atoms with Gasteiger partial charge in [0.2, 0.25) is 0 Å². The van der Waals surface area contributed by atoms with E-state index in [1.807, 2.05) is 0 Å². The molecule has 2 aliphatic heterocycles. The van der Waals surface area contributed by atoms with Crippen molar-refractivity contribution in [3.63, 3.8) is 0 Å². The Kier molecular flexibility index (Phi) is 3.90. The molecule has 2 heterocycles. The molecule has 0 aromatic rings. The molecule has 4 N–H and O–H groups in total. The Hall–Kier alpha value is -0.240. The fraction of sp³-hybridized carbons (Fsp3) is 1.00. The maximum atomic E-state index is 5.58. The lowest BCUT2D eigenvalue weighted by atomic mass is 10.4. The first-order valence-corrected chi connectivity index (χ1v) is 5.61. The number of hydrogen-bond donors (Lipinski definition) is 2. The smallest absolute Gasteiger partial charge is 0.0555 e. The molecule has 0 aromatic carbocycles. The van der Waals surface area contributed by atoms with Crippen LogP contribution in [0.4, 0.5) is 0 Å². The first-order valence-electron chi connectivity index (χ1n) is 5.61. The van der Waals surface area contributed by atoms with Gasteiger partial charge in [0.15, 0.2) is 0 Å². The van der Waals surface area contributed by atoms with Gasteiger partial charge < -0.3 is 11.5 Å². The van der Waals surface area contributed by atoms with Crippen LogP contribution in [0.5, 0.6) is 0 Å². The number of nitrogens with two attached hydrogens (primary N) is 2. The molecule has 15 heavy (non-hydrogen) atoms. The topological polar surface area (TPSA) is 65.0 Å². The van der Waals surface area contributed by atoms with Crippen molar-refractivity contribution in [3.8, 4) is 0 Å². The van der Waals surface area contributed by atoms with Crippen molar-refractivity contribution >= 4 is 0 Å². The summed E-state index contributed by atoms with van der Waals surface area (Å²) in [7, 11) is 0. The Morgan fingerprint density at radius 1 is 0.667 bits per heavy atom. The van der Waals surface area contributed by atoms with Gasteiger partial charge in [0.05, 0.1) is 33.3 Å². The molecule has 2 saturated heterocycles. The molecule has 6 nitrogen and oxygen atoms in total. The minimum atomic E-state index is 0.744. The lowest BCUT2D eigenvalue weighted by Crippen LogP contribution is -2.64. The zero-order valence-corrected chi connectivity index (χ0v) is 9.31. The van der Waals surface area contributed by atoms with Gasteiger partial charge >= 0.3 is 0 Å². The van der Waals surface area contributed by atoms with Crippen LogP contribution in [0.2, 0.25) is 0 Å². The summed E-state index contributed by atoms with van der Waals surface area (Å²) in [6.07, 6.45) is 0. The van der Waals surface area contributed by atoms with E-state index in [4.69, 9.17) is 11.5 Å². The van der Waals surface area contributed by atoms with E-state index in [-0.39, 0.29) is 0 Å². The molecule has 2 aliphatic rings. The van der Waals surface area contributed by atoms with Crippen LogP contribution in [0.1, 0.15) is 0 Å². The van der Waals surface area contributed by atoms with Gasteiger partial charge in [-0.15, -0.1) is 0 Å². The molecule has 0 saturated carbocycles. The normalized spacial score (nSPS) is 33.2. The SMILES string of the molecule is NCCN1CN2CN(CCN)CN(C1)C2. The van der Waals surface area contributed by atoms with Gasteiger partial charge in [0.1, 0.15) is 0 Å². The van der Waals surface area contributed by atoms with E-state index in [0.717, 1.165) is 59.5 Å². The van der Waals surface area contributed by atoms with Crippen LogP contribution in [-0.4, -0.2) is 79.1 Å². The third-order valence-electron chi connectivity index (χ3n) is 2.89. The highest BCUT2D eigenvalue weighted by Crippen LogP contribution is 2.13. The van der Waals surface area contributed by atoms with Crippen LogP contribution in [-0.2, 0) is 0 Å². The van der Waals surface area contributed by atoms with E-state index in [1.165, 1.54) is 0 Å². The van der Waals surface area contributed by atoms with Crippen LogP contribution in [0.3, 0.4) is 0 Å². The molecular formula is C9H22N6. The summed E-state index contributed by atoms with van der Waals surface area (Å²) in [5.41, 5.74) is 11.2. The fourth-order valence-electron chi connectivity index (χ4n) is 2.42. The number of nitrogens with zero attached hydrogens (tertiary/aromatic N) is 4. The van der Waals surface area contributed by atoms with Gasteiger partial charge in [-0.2, -0.15) is 0 Å². The van der Waals surface area contributed by atoms with Crippen LogP contribution < -0.4 is 11.5 Å². The molecule has 0 amide bonds. The molecule has 0 aromatic heterocycles. The molecule has 2 bridgehead atoms. The Morgan fingerprint density at radius 2 is 1.07 bits per heavy atom. The minimum absolute atomic E-state index is 0.744. The lowest BCUT2D eigenvalue weighted by Gasteiger charge is -2.49. The summed E-state index contributed by atoms with van der Waals surface area (Å²) < 4.78 is 0.